The van der Waals surface area contributed by atoms with Crippen LogP contribution in [0.15, 0.2) is 53.5 Å². The lowest BCUT2D eigenvalue weighted by Crippen LogP contribution is -2.43. The molecule has 30 heavy (non-hydrogen) atoms. The molecule has 0 atom stereocenters. The number of nitrogens with zero attached hydrogens (tertiary/aromatic N) is 4. The second-order valence-corrected chi connectivity index (χ2v) is 7.79. The van der Waals surface area contributed by atoms with E-state index in [9.17, 15) is 9.59 Å². The molecule has 1 N–H and O–H groups in total. The third-order valence-corrected chi connectivity index (χ3v) is 5.76. The molecular weight excluding hydrogens is 378 g/mol. The molecule has 0 unspecified atom stereocenters. The maximum absolute atomic E-state index is 12.7. The van der Waals surface area contributed by atoms with Gasteiger partial charge in [-0.1, -0.05) is 30.3 Å². The molecule has 1 fully saturated rings. The zero-order chi connectivity index (χ0) is 20.9. The molecule has 7 nitrogen and oxygen atoms in total. The van der Waals surface area contributed by atoms with Crippen molar-refractivity contribution in [3.8, 4) is 0 Å². The Morgan fingerprint density at radius 3 is 2.67 bits per heavy atom. The molecule has 1 aromatic carbocycles. The molecule has 3 aromatic rings. The lowest BCUT2D eigenvalue weighted by atomic mass is 9.96. The van der Waals surface area contributed by atoms with Gasteiger partial charge in [0.15, 0.2) is 11.5 Å². The molecular formula is C23H27N5O2. The molecule has 1 saturated heterocycles. The van der Waals surface area contributed by atoms with Crippen LogP contribution in [0.1, 0.15) is 24.8 Å². The van der Waals surface area contributed by atoms with E-state index in [1.165, 1.54) is 5.56 Å². The van der Waals surface area contributed by atoms with Gasteiger partial charge in [0.2, 0.25) is 5.91 Å². The normalized spacial score (nSPS) is 14.8. The first-order chi connectivity index (χ1) is 14.6. The van der Waals surface area contributed by atoms with Gasteiger partial charge in [0.05, 0.1) is 0 Å². The number of hydrogen-bond donors (Lipinski definition) is 1. The molecule has 0 aliphatic carbocycles. The molecule has 4 rings (SSSR count). The third-order valence-electron chi connectivity index (χ3n) is 5.76. The Hall–Kier alpha value is -3.22. The Balaban J connectivity index is 1.30. The number of benzene rings is 1. The highest BCUT2D eigenvalue weighted by Gasteiger charge is 2.27. The van der Waals surface area contributed by atoms with Crippen molar-refractivity contribution < 1.29 is 4.79 Å². The van der Waals surface area contributed by atoms with Crippen LogP contribution in [0, 0.1) is 5.92 Å². The summed E-state index contributed by atoms with van der Waals surface area (Å²) < 4.78 is 1.54. The zero-order valence-corrected chi connectivity index (χ0v) is 17.3. The number of aromatic nitrogens is 3. The number of anilines is 1. The fourth-order valence-electron chi connectivity index (χ4n) is 3.99. The van der Waals surface area contributed by atoms with Crippen LogP contribution >= 0.6 is 0 Å². The first-order valence-corrected chi connectivity index (χ1v) is 10.5. The summed E-state index contributed by atoms with van der Waals surface area (Å²) in [7, 11) is 1.72. The van der Waals surface area contributed by atoms with E-state index in [1.807, 2.05) is 35.2 Å². The second kappa shape index (κ2) is 9.07. The zero-order valence-electron chi connectivity index (χ0n) is 17.3. The van der Waals surface area contributed by atoms with E-state index in [0.717, 1.165) is 25.7 Å². The van der Waals surface area contributed by atoms with Crippen molar-refractivity contribution in [2.45, 2.75) is 25.7 Å². The molecule has 1 amide bonds. The molecule has 1 aliphatic rings. The van der Waals surface area contributed by atoms with E-state index in [0.29, 0.717) is 36.6 Å². The Morgan fingerprint density at radius 2 is 1.90 bits per heavy atom. The van der Waals surface area contributed by atoms with Crippen molar-refractivity contribution in [1.29, 1.82) is 0 Å². The summed E-state index contributed by atoms with van der Waals surface area (Å²) in [6.07, 6.45) is 5.00. The Labute approximate surface area is 175 Å². The molecule has 0 radical (unpaired) electrons. The number of piperidine rings is 1. The summed E-state index contributed by atoms with van der Waals surface area (Å²) >= 11 is 0. The van der Waals surface area contributed by atoms with Crippen LogP contribution in [-0.2, 0) is 18.3 Å². The predicted octanol–water partition coefficient (Wildman–Crippen LogP) is 2.29. The van der Waals surface area contributed by atoms with Gasteiger partial charge in [-0.3, -0.25) is 14.2 Å². The number of pyridine rings is 1. The van der Waals surface area contributed by atoms with Crippen LogP contribution in [0.2, 0.25) is 0 Å². The van der Waals surface area contributed by atoms with Crippen LogP contribution in [0.25, 0.3) is 11.2 Å². The maximum atomic E-state index is 12.7. The van der Waals surface area contributed by atoms with E-state index in [2.05, 4.69) is 27.4 Å². The smallest absolute Gasteiger partial charge is 0.294 e. The summed E-state index contributed by atoms with van der Waals surface area (Å²) in [6, 6.07) is 14.0. The SMILES string of the molecule is Cn1c(=O)c(N2CCC(C(=O)NCCCc3ccccc3)CC2)nc2cccnc21. The molecule has 1 aliphatic heterocycles. The summed E-state index contributed by atoms with van der Waals surface area (Å²) in [5, 5.41) is 3.07. The fraction of sp³-hybridized carbons (Fsp3) is 0.391. The largest absolute Gasteiger partial charge is 0.356 e. The molecule has 3 heterocycles. The molecule has 2 aromatic heterocycles. The van der Waals surface area contributed by atoms with Crippen molar-refractivity contribution in [2.75, 3.05) is 24.5 Å². The van der Waals surface area contributed by atoms with Gasteiger partial charge in [-0.2, -0.15) is 0 Å². The number of carbonyl (C=O) groups is 1. The van der Waals surface area contributed by atoms with Gasteiger partial charge in [-0.25, -0.2) is 9.97 Å². The van der Waals surface area contributed by atoms with Gasteiger partial charge in [-0.05, 0) is 43.4 Å². The molecule has 0 bridgehead atoms. The molecule has 0 spiro atoms. The number of carbonyl (C=O) groups excluding carboxylic acids is 1. The average Bonchev–Trinajstić information content (AvgIpc) is 2.80. The van der Waals surface area contributed by atoms with Gasteiger partial charge in [0.25, 0.3) is 5.56 Å². The van der Waals surface area contributed by atoms with Crippen molar-refractivity contribution in [1.82, 2.24) is 19.9 Å². The van der Waals surface area contributed by atoms with Gasteiger partial charge in [-0.15, -0.1) is 0 Å². The van der Waals surface area contributed by atoms with Crippen LogP contribution in [0.4, 0.5) is 5.82 Å². The summed E-state index contributed by atoms with van der Waals surface area (Å²) in [4.78, 5) is 36.0. The Kier molecular flexibility index (Phi) is 6.07. The number of hydrogen-bond acceptors (Lipinski definition) is 5. The highest BCUT2D eigenvalue weighted by molar-refractivity contribution is 5.79. The van der Waals surface area contributed by atoms with Crippen molar-refractivity contribution in [2.24, 2.45) is 13.0 Å². The highest BCUT2D eigenvalue weighted by Crippen LogP contribution is 2.21. The van der Waals surface area contributed by atoms with Gasteiger partial charge in [0, 0.05) is 38.8 Å². The lowest BCUT2D eigenvalue weighted by Gasteiger charge is -2.31. The minimum atomic E-state index is -0.148. The molecule has 7 heteroatoms. The first-order valence-electron chi connectivity index (χ1n) is 10.5. The van der Waals surface area contributed by atoms with Gasteiger partial charge in [0.1, 0.15) is 5.52 Å². The second-order valence-electron chi connectivity index (χ2n) is 7.79. The van der Waals surface area contributed by atoms with Gasteiger partial charge < -0.3 is 10.2 Å². The summed E-state index contributed by atoms with van der Waals surface area (Å²) in [5.74, 6) is 0.551. The van der Waals surface area contributed by atoms with Gasteiger partial charge >= 0.3 is 0 Å². The standard InChI is InChI=1S/C23H27N5O2/c1-27-20-19(10-6-13-24-20)26-21(23(27)30)28-15-11-18(12-16-28)22(29)25-14-5-9-17-7-3-2-4-8-17/h2-4,6-8,10,13,18H,5,9,11-12,14-16H2,1H3,(H,25,29). The van der Waals surface area contributed by atoms with E-state index in [1.54, 1.807) is 17.8 Å². The number of amides is 1. The number of nitrogens with one attached hydrogen (secondary N) is 1. The Morgan fingerprint density at radius 1 is 1.13 bits per heavy atom. The topological polar surface area (TPSA) is 80.1 Å². The fourth-order valence-corrected chi connectivity index (χ4v) is 3.99. The molecule has 156 valence electrons. The average molecular weight is 406 g/mol. The first kappa shape index (κ1) is 20.1. The minimum Gasteiger partial charge on any atom is -0.356 e. The van der Waals surface area contributed by atoms with E-state index >= 15 is 0 Å². The summed E-state index contributed by atoms with van der Waals surface area (Å²) in [6.45, 7) is 1.99. The van der Waals surface area contributed by atoms with Crippen LogP contribution in [0.5, 0.6) is 0 Å². The van der Waals surface area contributed by atoms with E-state index in [4.69, 9.17) is 0 Å². The van der Waals surface area contributed by atoms with Crippen molar-refractivity contribution in [3.05, 3.63) is 64.6 Å². The van der Waals surface area contributed by atoms with Crippen molar-refractivity contribution >= 4 is 22.9 Å². The number of aryl methyl sites for hydroxylation is 2. The lowest BCUT2D eigenvalue weighted by molar-refractivity contribution is -0.125. The predicted molar refractivity (Wildman–Crippen MR) is 117 cm³/mol. The van der Waals surface area contributed by atoms with Crippen LogP contribution in [0.3, 0.4) is 0 Å². The van der Waals surface area contributed by atoms with Crippen LogP contribution < -0.4 is 15.8 Å². The quantitative estimate of drug-likeness (QED) is 0.637. The van der Waals surface area contributed by atoms with Crippen molar-refractivity contribution in [3.63, 3.8) is 0 Å². The number of rotatable bonds is 6. The monoisotopic (exact) mass is 405 g/mol. The highest BCUT2D eigenvalue weighted by atomic mass is 16.2. The van der Waals surface area contributed by atoms with E-state index < -0.39 is 0 Å². The summed E-state index contributed by atoms with van der Waals surface area (Å²) in [5.41, 5.74) is 2.42. The maximum Gasteiger partial charge on any atom is 0.294 e. The number of fused-ring (bicyclic) bond motifs is 1. The minimum absolute atomic E-state index is 0.0102. The third kappa shape index (κ3) is 4.35. The van der Waals surface area contributed by atoms with E-state index in [-0.39, 0.29) is 17.4 Å². The Bertz CT molecular complexity index is 1070. The molecule has 0 saturated carbocycles. The van der Waals surface area contributed by atoms with Crippen LogP contribution in [-0.4, -0.2) is 40.1 Å².